The molecule has 5 heterocycles. The van der Waals surface area contributed by atoms with Crippen LogP contribution in [-0.2, 0) is 0 Å². The number of rotatable bonds is 9. The summed E-state index contributed by atoms with van der Waals surface area (Å²) in [4.78, 5) is 6.72. The summed E-state index contributed by atoms with van der Waals surface area (Å²) in [5.74, 6) is 1.58. The molecule has 0 fully saturated rings. The Hall–Kier alpha value is -11.8. The monoisotopic (exact) mass is 1150 g/mol. The quantitative estimate of drug-likeness (QED) is 0.142. The lowest BCUT2D eigenvalue weighted by Gasteiger charge is -2.27. The van der Waals surface area contributed by atoms with Crippen molar-refractivity contribution in [3.05, 3.63) is 321 Å². The summed E-state index contributed by atoms with van der Waals surface area (Å²) >= 11 is 0. The predicted octanol–water partition coefficient (Wildman–Crippen LogP) is 22.4. The number of aromatic nitrogens is 5. The normalized spacial score (nSPS) is 11.9. The summed E-state index contributed by atoms with van der Waals surface area (Å²) in [6, 6.07) is 114. The number of para-hydroxylation sites is 4. The van der Waals surface area contributed by atoms with Crippen molar-refractivity contribution in [1.29, 1.82) is 0 Å². The van der Waals surface area contributed by atoms with Crippen molar-refractivity contribution < 1.29 is 0 Å². The van der Waals surface area contributed by atoms with E-state index in [2.05, 4.69) is 342 Å². The van der Waals surface area contributed by atoms with Gasteiger partial charge in [-0.1, -0.05) is 272 Å². The SMILES string of the molecule is Cc1cc(C)cc(-c2c(-n3c4ccccc4c4ccccc43)c(-n3c4cccc(-c5ccccc5)c4c4c(-c5ccccc5)cccc43)nc(-n3c4cccc(-c5ccccc5)c4c4c(-c5ccccc5)cccc43)c2-n2c3ccccc3c3ccccc32)c1. The van der Waals surface area contributed by atoms with Crippen LogP contribution in [0.4, 0.5) is 0 Å². The molecule has 0 spiro atoms. The zero-order valence-corrected chi connectivity index (χ0v) is 49.7. The summed E-state index contributed by atoms with van der Waals surface area (Å²) in [7, 11) is 0. The maximum absolute atomic E-state index is 6.72. The first-order valence-electron chi connectivity index (χ1n) is 31.0. The van der Waals surface area contributed by atoms with Crippen LogP contribution in [0.1, 0.15) is 11.1 Å². The minimum Gasteiger partial charge on any atom is -0.305 e. The highest BCUT2D eigenvalue weighted by Crippen LogP contribution is 2.52. The van der Waals surface area contributed by atoms with E-state index < -0.39 is 0 Å². The molecule has 0 aliphatic heterocycles. The van der Waals surface area contributed by atoms with Gasteiger partial charge in [0, 0.05) is 48.7 Å². The third-order valence-corrected chi connectivity index (χ3v) is 18.6. The minimum absolute atomic E-state index is 0.791. The highest BCUT2D eigenvalue weighted by molar-refractivity contribution is 6.23. The molecule has 5 aromatic heterocycles. The second kappa shape index (κ2) is 20.4. The standard InChI is InChI=1S/C85H57N5/c1-54-51-55(2)53-60(52-54)77-82(87-69-43-19-15-35-65(69)66-36-16-20-44-70(66)87)84(89-73-47-23-39-61(56-27-7-3-8-28-56)78(73)79-62(40-24-48-74(79)89)57-29-9-4-10-30-57)86-85(83(77)88-71-45-21-17-37-67(71)68-38-18-22-46-72(68)88)90-75-49-25-41-63(58-31-11-5-12-32-58)80(75)81-64(42-26-50-76(81)90)59-33-13-6-14-34-59/h3-53H,1-2H3. The Morgan fingerprint density at radius 3 is 0.767 bits per heavy atom. The van der Waals surface area contributed by atoms with Crippen molar-refractivity contribution >= 4 is 87.2 Å². The van der Waals surface area contributed by atoms with Crippen LogP contribution >= 0.6 is 0 Å². The first-order chi connectivity index (χ1) is 44.6. The number of aryl methyl sites for hydroxylation is 2. The molecular weight excluding hydrogens is 1090 g/mol. The fourth-order valence-corrected chi connectivity index (χ4v) is 15.1. The number of pyridine rings is 1. The molecule has 0 saturated carbocycles. The van der Waals surface area contributed by atoms with Crippen LogP contribution in [-0.4, -0.2) is 23.3 Å². The zero-order chi connectivity index (χ0) is 59.6. The zero-order valence-electron chi connectivity index (χ0n) is 49.7. The lowest BCUT2D eigenvalue weighted by atomic mass is 9.95. The maximum Gasteiger partial charge on any atom is 0.165 e. The van der Waals surface area contributed by atoms with E-state index in [1.54, 1.807) is 0 Å². The third kappa shape index (κ3) is 7.73. The van der Waals surface area contributed by atoms with Crippen molar-refractivity contribution in [2.75, 3.05) is 0 Å². The Morgan fingerprint density at radius 1 is 0.222 bits per heavy atom. The number of benzene rings is 13. The molecule has 0 radical (unpaired) electrons. The fraction of sp³-hybridized carbons (Fsp3) is 0.0235. The molecule has 0 atom stereocenters. The second-order valence-electron chi connectivity index (χ2n) is 23.9. The molecule has 0 amide bonds. The summed E-state index contributed by atoms with van der Waals surface area (Å²) in [6.07, 6.45) is 0. The molecule has 0 aliphatic carbocycles. The van der Waals surface area contributed by atoms with E-state index in [4.69, 9.17) is 4.98 Å². The first-order valence-corrected chi connectivity index (χ1v) is 31.0. The van der Waals surface area contributed by atoms with Gasteiger partial charge in [0.2, 0.25) is 0 Å². The lowest BCUT2D eigenvalue weighted by molar-refractivity contribution is 0.961. The van der Waals surface area contributed by atoms with E-state index in [9.17, 15) is 0 Å². The van der Waals surface area contributed by atoms with Crippen LogP contribution in [0.5, 0.6) is 0 Å². The van der Waals surface area contributed by atoms with E-state index in [0.29, 0.717) is 0 Å². The molecule has 0 bridgehead atoms. The van der Waals surface area contributed by atoms with Gasteiger partial charge in [-0.15, -0.1) is 0 Å². The van der Waals surface area contributed by atoms with Crippen molar-refractivity contribution in [3.8, 4) is 78.6 Å². The summed E-state index contributed by atoms with van der Waals surface area (Å²) in [5.41, 5.74) is 24.1. The van der Waals surface area contributed by atoms with Gasteiger partial charge in [-0.3, -0.25) is 9.13 Å². The predicted molar refractivity (Wildman–Crippen MR) is 378 cm³/mol. The van der Waals surface area contributed by atoms with Gasteiger partial charge in [0.1, 0.15) is 11.4 Å². The van der Waals surface area contributed by atoms with E-state index in [1.807, 2.05) is 0 Å². The molecular formula is C85H57N5. The van der Waals surface area contributed by atoms with Gasteiger partial charge in [0.25, 0.3) is 0 Å². The van der Waals surface area contributed by atoms with Gasteiger partial charge < -0.3 is 9.13 Å². The Morgan fingerprint density at radius 2 is 0.478 bits per heavy atom. The van der Waals surface area contributed by atoms with Crippen LogP contribution in [0, 0.1) is 13.8 Å². The number of nitrogens with zero attached hydrogens (tertiary/aromatic N) is 5. The van der Waals surface area contributed by atoms with E-state index in [1.165, 1.54) is 11.1 Å². The Balaban J connectivity index is 1.16. The van der Waals surface area contributed by atoms with Gasteiger partial charge in [-0.25, -0.2) is 4.98 Å². The number of hydrogen-bond donors (Lipinski definition) is 0. The smallest absolute Gasteiger partial charge is 0.165 e. The second-order valence-corrected chi connectivity index (χ2v) is 23.9. The Labute approximate surface area is 520 Å². The molecule has 18 rings (SSSR count). The van der Waals surface area contributed by atoms with Gasteiger partial charge in [-0.05, 0) is 112 Å². The Bertz CT molecular complexity index is 5250. The van der Waals surface area contributed by atoms with Crippen LogP contribution < -0.4 is 0 Å². The van der Waals surface area contributed by atoms with Crippen LogP contribution in [0.3, 0.4) is 0 Å². The average Bonchev–Trinajstić information content (AvgIpc) is 1.54. The number of hydrogen-bond acceptors (Lipinski definition) is 1. The summed E-state index contributed by atoms with van der Waals surface area (Å²) < 4.78 is 10.1. The molecule has 5 heteroatoms. The molecule has 18 aromatic rings. The molecule has 13 aromatic carbocycles. The largest absolute Gasteiger partial charge is 0.305 e. The van der Waals surface area contributed by atoms with Gasteiger partial charge in [-0.2, -0.15) is 0 Å². The molecule has 0 unspecified atom stereocenters. The van der Waals surface area contributed by atoms with Crippen molar-refractivity contribution in [2.45, 2.75) is 13.8 Å². The summed E-state index contributed by atoms with van der Waals surface area (Å²) in [6.45, 7) is 4.48. The maximum atomic E-state index is 6.72. The Kier molecular flexibility index (Phi) is 11.7. The lowest BCUT2D eigenvalue weighted by Crippen LogP contribution is -2.16. The topological polar surface area (TPSA) is 32.6 Å². The molecule has 0 aliphatic rings. The summed E-state index contributed by atoms with van der Waals surface area (Å²) in [5, 5.41) is 9.29. The molecule has 90 heavy (non-hydrogen) atoms. The van der Waals surface area contributed by atoms with Crippen molar-refractivity contribution in [2.24, 2.45) is 0 Å². The molecule has 0 saturated heterocycles. The van der Waals surface area contributed by atoms with Gasteiger partial charge in [0.15, 0.2) is 11.6 Å². The van der Waals surface area contributed by atoms with Crippen LogP contribution in [0.2, 0.25) is 0 Å². The minimum atomic E-state index is 0.791. The van der Waals surface area contributed by atoms with E-state index in [0.717, 1.165) is 166 Å². The van der Waals surface area contributed by atoms with Gasteiger partial charge in [0.05, 0.1) is 44.1 Å². The highest BCUT2D eigenvalue weighted by atomic mass is 15.2. The molecule has 5 nitrogen and oxygen atoms in total. The first kappa shape index (κ1) is 51.4. The van der Waals surface area contributed by atoms with E-state index in [-0.39, 0.29) is 0 Å². The average molecular weight is 1150 g/mol. The third-order valence-electron chi connectivity index (χ3n) is 18.6. The number of fused-ring (bicyclic) bond motifs is 12. The molecule has 0 N–H and O–H groups in total. The van der Waals surface area contributed by atoms with Crippen LogP contribution in [0.25, 0.3) is 166 Å². The van der Waals surface area contributed by atoms with E-state index >= 15 is 0 Å². The molecule has 422 valence electrons. The van der Waals surface area contributed by atoms with Crippen molar-refractivity contribution in [3.63, 3.8) is 0 Å². The van der Waals surface area contributed by atoms with Crippen molar-refractivity contribution in [1.82, 2.24) is 23.3 Å². The highest BCUT2D eigenvalue weighted by Gasteiger charge is 2.34. The van der Waals surface area contributed by atoms with Crippen LogP contribution in [0.15, 0.2) is 309 Å². The van der Waals surface area contributed by atoms with Gasteiger partial charge >= 0.3 is 0 Å². The fourth-order valence-electron chi connectivity index (χ4n) is 15.1.